The Balaban J connectivity index is 1.94. The summed E-state index contributed by atoms with van der Waals surface area (Å²) >= 11 is 0. The monoisotopic (exact) mass is 240 g/mol. The molecular weight excluding hydrogens is 216 g/mol. The average molecular weight is 240 g/mol. The van der Waals surface area contributed by atoms with Crippen LogP contribution < -0.4 is 5.73 Å². The lowest BCUT2D eigenvalue weighted by molar-refractivity contribution is -0.146. The van der Waals surface area contributed by atoms with E-state index in [-0.39, 0.29) is 18.1 Å². The zero-order chi connectivity index (χ0) is 12.3. The fraction of sp³-hybridized carbons (Fsp3) is 0.923. The number of carbonyl (C=O) groups is 1. The minimum atomic E-state index is -0.226. The number of carbonyl (C=O) groups excluding carboxylic acids is 1. The summed E-state index contributed by atoms with van der Waals surface area (Å²) in [6, 6.07) is 0.428. The largest absolute Gasteiger partial charge is 0.364 e. The topological polar surface area (TPSA) is 55.6 Å². The summed E-state index contributed by atoms with van der Waals surface area (Å²) in [7, 11) is 0. The highest BCUT2D eigenvalue weighted by Crippen LogP contribution is 2.25. The van der Waals surface area contributed by atoms with Crippen molar-refractivity contribution in [3.63, 3.8) is 0 Å². The summed E-state index contributed by atoms with van der Waals surface area (Å²) in [5.74, 6) is 0.201. The van der Waals surface area contributed by atoms with Crippen LogP contribution in [0.15, 0.2) is 0 Å². The SMILES string of the molecule is CCC1CCCCN1C(=O)C1CCC(CN)O1. The van der Waals surface area contributed by atoms with E-state index in [0.29, 0.717) is 12.6 Å². The van der Waals surface area contributed by atoms with Crippen molar-refractivity contribution >= 4 is 5.91 Å². The summed E-state index contributed by atoms with van der Waals surface area (Å²) in [4.78, 5) is 14.4. The second-order valence-corrected chi connectivity index (χ2v) is 5.15. The zero-order valence-electron chi connectivity index (χ0n) is 10.7. The second-order valence-electron chi connectivity index (χ2n) is 5.15. The Morgan fingerprint density at radius 3 is 2.82 bits per heavy atom. The molecule has 4 nitrogen and oxygen atoms in total. The number of likely N-dealkylation sites (tertiary alicyclic amines) is 1. The van der Waals surface area contributed by atoms with Crippen molar-refractivity contribution in [2.24, 2.45) is 5.73 Å². The first-order valence-corrected chi connectivity index (χ1v) is 6.92. The third-order valence-electron chi connectivity index (χ3n) is 4.03. The molecule has 0 spiro atoms. The van der Waals surface area contributed by atoms with Crippen molar-refractivity contribution in [2.75, 3.05) is 13.1 Å². The van der Waals surface area contributed by atoms with Crippen LogP contribution >= 0.6 is 0 Å². The maximum absolute atomic E-state index is 12.4. The first-order chi connectivity index (χ1) is 8.26. The van der Waals surface area contributed by atoms with E-state index in [1.165, 1.54) is 6.42 Å². The van der Waals surface area contributed by atoms with Gasteiger partial charge in [-0.3, -0.25) is 4.79 Å². The molecule has 3 atom stereocenters. The number of ether oxygens (including phenoxy) is 1. The van der Waals surface area contributed by atoms with Crippen LogP contribution in [0.5, 0.6) is 0 Å². The number of amides is 1. The number of nitrogens with zero attached hydrogens (tertiary/aromatic N) is 1. The van der Waals surface area contributed by atoms with Crippen molar-refractivity contribution in [3.05, 3.63) is 0 Å². The maximum Gasteiger partial charge on any atom is 0.251 e. The van der Waals surface area contributed by atoms with E-state index < -0.39 is 0 Å². The number of piperidine rings is 1. The molecule has 3 unspecified atom stereocenters. The van der Waals surface area contributed by atoms with Gasteiger partial charge in [0.1, 0.15) is 6.10 Å². The van der Waals surface area contributed by atoms with E-state index in [1.807, 2.05) is 4.90 Å². The van der Waals surface area contributed by atoms with E-state index in [1.54, 1.807) is 0 Å². The normalized spacial score (nSPS) is 34.0. The van der Waals surface area contributed by atoms with Gasteiger partial charge >= 0.3 is 0 Å². The van der Waals surface area contributed by atoms with Gasteiger partial charge in [0.25, 0.3) is 5.91 Å². The molecule has 4 heteroatoms. The fourth-order valence-electron chi connectivity index (χ4n) is 2.96. The summed E-state index contributed by atoms with van der Waals surface area (Å²) in [6.45, 7) is 3.60. The van der Waals surface area contributed by atoms with Crippen LogP contribution in [-0.2, 0) is 9.53 Å². The van der Waals surface area contributed by atoms with Gasteiger partial charge in [-0.15, -0.1) is 0 Å². The van der Waals surface area contributed by atoms with E-state index >= 15 is 0 Å². The van der Waals surface area contributed by atoms with Gasteiger partial charge in [0.2, 0.25) is 0 Å². The Bertz CT molecular complexity index is 270. The van der Waals surface area contributed by atoms with Gasteiger partial charge in [0.15, 0.2) is 0 Å². The van der Waals surface area contributed by atoms with Crippen LogP contribution in [0.1, 0.15) is 45.4 Å². The molecule has 17 heavy (non-hydrogen) atoms. The molecule has 0 aliphatic carbocycles. The lowest BCUT2D eigenvalue weighted by Gasteiger charge is -2.36. The molecule has 0 saturated carbocycles. The number of nitrogens with two attached hydrogens (primary N) is 1. The highest BCUT2D eigenvalue weighted by atomic mass is 16.5. The molecule has 2 aliphatic heterocycles. The van der Waals surface area contributed by atoms with Gasteiger partial charge in [-0.1, -0.05) is 6.92 Å². The molecule has 0 aromatic rings. The Hall–Kier alpha value is -0.610. The van der Waals surface area contributed by atoms with E-state index in [4.69, 9.17) is 10.5 Å². The minimum absolute atomic E-state index is 0.0915. The van der Waals surface area contributed by atoms with Crippen LogP contribution in [0.3, 0.4) is 0 Å². The Kier molecular flexibility index (Phi) is 4.40. The van der Waals surface area contributed by atoms with E-state index in [9.17, 15) is 4.79 Å². The first-order valence-electron chi connectivity index (χ1n) is 6.92. The molecule has 2 heterocycles. The van der Waals surface area contributed by atoms with Crippen molar-refractivity contribution in [3.8, 4) is 0 Å². The summed E-state index contributed by atoms with van der Waals surface area (Å²) in [6.07, 6.45) is 6.22. The third-order valence-corrected chi connectivity index (χ3v) is 4.03. The molecule has 2 fully saturated rings. The molecule has 1 amide bonds. The van der Waals surface area contributed by atoms with Crippen molar-refractivity contribution in [1.29, 1.82) is 0 Å². The van der Waals surface area contributed by atoms with Crippen LogP contribution in [0.4, 0.5) is 0 Å². The van der Waals surface area contributed by atoms with Gasteiger partial charge in [0.05, 0.1) is 6.10 Å². The number of hydrogen-bond acceptors (Lipinski definition) is 3. The molecule has 98 valence electrons. The molecule has 0 radical (unpaired) electrons. The summed E-state index contributed by atoms with van der Waals surface area (Å²) < 4.78 is 5.70. The highest BCUT2D eigenvalue weighted by Gasteiger charge is 2.35. The molecule has 2 aliphatic rings. The molecular formula is C13H24N2O2. The molecule has 2 N–H and O–H groups in total. The Morgan fingerprint density at radius 1 is 1.35 bits per heavy atom. The predicted molar refractivity (Wildman–Crippen MR) is 66.6 cm³/mol. The first kappa shape index (κ1) is 12.8. The quantitative estimate of drug-likeness (QED) is 0.808. The summed E-state index contributed by atoms with van der Waals surface area (Å²) in [5.41, 5.74) is 5.58. The van der Waals surface area contributed by atoms with Crippen LogP contribution in [0.25, 0.3) is 0 Å². The third kappa shape index (κ3) is 2.80. The van der Waals surface area contributed by atoms with Crippen LogP contribution in [-0.4, -0.2) is 42.1 Å². The van der Waals surface area contributed by atoms with E-state index in [0.717, 1.165) is 38.6 Å². The maximum atomic E-state index is 12.4. The van der Waals surface area contributed by atoms with Crippen molar-refractivity contribution in [1.82, 2.24) is 4.90 Å². The Morgan fingerprint density at radius 2 is 2.18 bits per heavy atom. The van der Waals surface area contributed by atoms with Crippen LogP contribution in [0.2, 0.25) is 0 Å². The van der Waals surface area contributed by atoms with Gasteiger partial charge in [-0.25, -0.2) is 0 Å². The van der Waals surface area contributed by atoms with E-state index in [2.05, 4.69) is 6.92 Å². The van der Waals surface area contributed by atoms with Gasteiger partial charge in [-0.05, 0) is 38.5 Å². The van der Waals surface area contributed by atoms with Crippen LogP contribution in [0, 0.1) is 0 Å². The predicted octanol–water partition coefficient (Wildman–Crippen LogP) is 1.28. The number of rotatable bonds is 3. The lowest BCUT2D eigenvalue weighted by atomic mass is 9.99. The summed E-state index contributed by atoms with van der Waals surface area (Å²) in [5, 5.41) is 0. The van der Waals surface area contributed by atoms with Gasteiger partial charge in [-0.2, -0.15) is 0 Å². The molecule has 0 bridgehead atoms. The zero-order valence-corrected chi connectivity index (χ0v) is 10.7. The van der Waals surface area contributed by atoms with Gasteiger partial charge < -0.3 is 15.4 Å². The second kappa shape index (κ2) is 5.83. The average Bonchev–Trinajstić information content (AvgIpc) is 2.86. The smallest absolute Gasteiger partial charge is 0.251 e. The number of hydrogen-bond donors (Lipinski definition) is 1. The minimum Gasteiger partial charge on any atom is -0.364 e. The van der Waals surface area contributed by atoms with Gasteiger partial charge in [0, 0.05) is 19.1 Å². The Labute approximate surface area is 103 Å². The highest BCUT2D eigenvalue weighted by molar-refractivity contribution is 5.81. The molecule has 0 aromatic carbocycles. The lowest BCUT2D eigenvalue weighted by Crippen LogP contribution is -2.48. The molecule has 2 rings (SSSR count). The fourth-order valence-corrected chi connectivity index (χ4v) is 2.96. The molecule has 0 aromatic heterocycles. The van der Waals surface area contributed by atoms with Crippen molar-refractivity contribution < 1.29 is 9.53 Å². The van der Waals surface area contributed by atoms with Crippen molar-refractivity contribution in [2.45, 2.75) is 63.7 Å². The standard InChI is InChI=1S/C13H24N2O2/c1-2-10-5-3-4-8-15(10)13(16)12-7-6-11(9-14)17-12/h10-12H,2-9,14H2,1H3. The molecule has 2 saturated heterocycles.